The molecule has 2 aliphatic rings. The first kappa shape index (κ1) is 21.9. The van der Waals surface area contributed by atoms with E-state index < -0.39 is 18.1 Å². The third-order valence-electron chi connectivity index (χ3n) is 6.28. The van der Waals surface area contributed by atoms with Crippen molar-refractivity contribution >= 4 is 17.2 Å². The number of hydrogen-bond acceptors (Lipinski definition) is 3. The minimum absolute atomic E-state index is 0.00565. The van der Waals surface area contributed by atoms with Crippen LogP contribution in [0.2, 0.25) is 0 Å². The van der Waals surface area contributed by atoms with Crippen LogP contribution in [0.15, 0.2) is 48.0 Å². The first-order chi connectivity index (χ1) is 15.2. The molecule has 1 aliphatic carbocycles. The van der Waals surface area contributed by atoms with E-state index in [1.54, 1.807) is 0 Å². The Bertz CT molecular complexity index is 1110. The fraction of sp³-hybridized carbons (Fsp3) is 0.360. The summed E-state index contributed by atoms with van der Waals surface area (Å²) in [6, 6.07) is 15.6. The Hall–Kier alpha value is -3.27. The van der Waals surface area contributed by atoms with Crippen molar-refractivity contribution < 1.29 is 18.0 Å². The summed E-state index contributed by atoms with van der Waals surface area (Å²) in [5, 5.41) is 15.8. The highest BCUT2D eigenvalue weighted by atomic mass is 19.4. The number of hydrogen-bond donors (Lipinski definition) is 2. The average Bonchev–Trinajstić information content (AvgIpc) is 3.08. The van der Waals surface area contributed by atoms with Gasteiger partial charge in [0.25, 0.3) is 5.91 Å². The normalized spacial score (nSPS) is 20.2. The molecular weight excluding hydrogens is 415 g/mol. The van der Waals surface area contributed by atoms with E-state index in [0.717, 1.165) is 39.9 Å². The number of carbonyl (C=O) groups is 1. The van der Waals surface area contributed by atoms with Gasteiger partial charge in [-0.05, 0) is 60.6 Å². The zero-order valence-electron chi connectivity index (χ0n) is 17.8. The highest BCUT2D eigenvalue weighted by Crippen LogP contribution is 2.47. The van der Waals surface area contributed by atoms with Gasteiger partial charge in [-0.15, -0.1) is 0 Å². The van der Waals surface area contributed by atoms with E-state index in [1.165, 1.54) is 0 Å². The van der Waals surface area contributed by atoms with Gasteiger partial charge >= 0.3 is 6.18 Å². The van der Waals surface area contributed by atoms with Gasteiger partial charge in [-0.25, -0.2) is 0 Å². The van der Waals surface area contributed by atoms with Crippen LogP contribution in [-0.2, 0) is 16.8 Å². The van der Waals surface area contributed by atoms with E-state index in [9.17, 15) is 23.2 Å². The van der Waals surface area contributed by atoms with E-state index in [-0.39, 0.29) is 24.4 Å². The van der Waals surface area contributed by atoms with Gasteiger partial charge in [-0.3, -0.25) is 4.79 Å². The molecule has 1 spiro atoms. The standard InChI is InChI=1S/C25H24F3N3O/c1-16-3-5-17(6-4-16)20-14-24(31-23(32)21(20)15-29)11-9-18-7-8-19(13-22(18)24)30-12-2-10-25(26,27)28/h3-8,13,30H,2,9-12,14H2,1H3,(H,31,32). The first-order valence-electron chi connectivity index (χ1n) is 10.7. The number of carbonyl (C=O) groups excluding carboxylic acids is 1. The van der Waals surface area contributed by atoms with E-state index in [1.807, 2.05) is 49.4 Å². The van der Waals surface area contributed by atoms with Crippen molar-refractivity contribution in [3.05, 3.63) is 70.3 Å². The Morgan fingerprint density at radius 2 is 1.94 bits per heavy atom. The molecule has 0 saturated heterocycles. The predicted molar refractivity (Wildman–Crippen MR) is 117 cm³/mol. The van der Waals surface area contributed by atoms with Crippen molar-refractivity contribution in [2.24, 2.45) is 0 Å². The Labute approximate surface area is 185 Å². The molecule has 2 aromatic rings. The van der Waals surface area contributed by atoms with Gasteiger partial charge in [-0.2, -0.15) is 18.4 Å². The largest absolute Gasteiger partial charge is 0.389 e. The summed E-state index contributed by atoms with van der Waals surface area (Å²) in [5.74, 6) is -0.384. The third kappa shape index (κ3) is 4.36. The van der Waals surface area contributed by atoms with Gasteiger partial charge in [0, 0.05) is 25.1 Å². The minimum Gasteiger partial charge on any atom is -0.385 e. The molecule has 0 fully saturated rings. The molecule has 0 saturated carbocycles. The lowest BCUT2D eigenvalue weighted by molar-refractivity contribution is -0.134. The molecule has 4 nitrogen and oxygen atoms in total. The second kappa shape index (κ2) is 8.34. The second-order valence-electron chi connectivity index (χ2n) is 8.56. The molecule has 2 N–H and O–H groups in total. The van der Waals surface area contributed by atoms with Crippen LogP contribution in [-0.4, -0.2) is 18.6 Å². The number of amides is 1. The number of halogens is 3. The average molecular weight is 439 g/mol. The molecule has 1 aliphatic heterocycles. The molecule has 2 aromatic carbocycles. The number of anilines is 1. The fourth-order valence-corrected chi connectivity index (χ4v) is 4.64. The minimum atomic E-state index is -4.16. The molecule has 32 heavy (non-hydrogen) atoms. The van der Waals surface area contributed by atoms with E-state index >= 15 is 0 Å². The molecule has 0 bridgehead atoms. The van der Waals surface area contributed by atoms with Crippen LogP contribution in [0.4, 0.5) is 18.9 Å². The number of aryl methyl sites for hydroxylation is 2. The molecule has 0 aromatic heterocycles. The van der Waals surface area contributed by atoms with Crippen molar-refractivity contribution in [2.75, 3.05) is 11.9 Å². The highest BCUT2D eigenvalue weighted by molar-refractivity contribution is 6.07. The number of nitriles is 1. The van der Waals surface area contributed by atoms with Gasteiger partial charge in [0.1, 0.15) is 11.6 Å². The third-order valence-corrected chi connectivity index (χ3v) is 6.28. The monoisotopic (exact) mass is 439 g/mol. The summed E-state index contributed by atoms with van der Waals surface area (Å²) in [7, 11) is 0. The number of nitrogens with one attached hydrogen (secondary N) is 2. The van der Waals surface area contributed by atoms with Crippen molar-refractivity contribution in [3.63, 3.8) is 0 Å². The first-order valence-corrected chi connectivity index (χ1v) is 10.7. The fourth-order valence-electron chi connectivity index (χ4n) is 4.64. The van der Waals surface area contributed by atoms with Gasteiger partial charge < -0.3 is 10.6 Å². The second-order valence-corrected chi connectivity index (χ2v) is 8.56. The van der Waals surface area contributed by atoms with Gasteiger partial charge in [0.15, 0.2) is 0 Å². The number of alkyl halides is 3. The van der Waals surface area contributed by atoms with Crippen molar-refractivity contribution in [2.45, 2.75) is 50.7 Å². The quantitative estimate of drug-likeness (QED) is 0.614. The van der Waals surface area contributed by atoms with Crippen LogP contribution >= 0.6 is 0 Å². The Kier molecular flexibility index (Phi) is 5.72. The Morgan fingerprint density at radius 1 is 1.19 bits per heavy atom. The molecule has 1 amide bonds. The lowest BCUT2D eigenvalue weighted by atomic mass is 9.78. The molecule has 1 atom stereocenters. The molecule has 1 heterocycles. The SMILES string of the molecule is Cc1ccc(C2=C(C#N)C(=O)NC3(CCc4ccc(NCCCC(F)(F)F)cc43)C2)cc1. The molecule has 166 valence electrons. The topological polar surface area (TPSA) is 64.9 Å². The van der Waals surface area contributed by atoms with Gasteiger partial charge in [-0.1, -0.05) is 35.9 Å². The lowest BCUT2D eigenvalue weighted by Crippen LogP contribution is -2.48. The van der Waals surface area contributed by atoms with Crippen LogP contribution in [0.1, 0.15) is 47.9 Å². The van der Waals surface area contributed by atoms with Crippen LogP contribution in [0.25, 0.3) is 5.57 Å². The molecule has 7 heteroatoms. The summed E-state index contributed by atoms with van der Waals surface area (Å²) in [6.45, 7) is 2.19. The number of fused-ring (bicyclic) bond motifs is 2. The molecule has 0 radical (unpaired) electrons. The molecule has 4 rings (SSSR count). The Balaban J connectivity index is 1.62. The number of rotatable bonds is 5. The highest BCUT2D eigenvalue weighted by Gasteiger charge is 2.45. The molecule has 1 unspecified atom stereocenters. The number of nitrogens with zero attached hydrogens (tertiary/aromatic N) is 1. The summed E-state index contributed by atoms with van der Waals surface area (Å²) in [6.07, 6.45) is -3.00. The van der Waals surface area contributed by atoms with Crippen LogP contribution < -0.4 is 10.6 Å². The van der Waals surface area contributed by atoms with Crippen molar-refractivity contribution in [1.29, 1.82) is 5.26 Å². The van der Waals surface area contributed by atoms with Crippen molar-refractivity contribution in [1.82, 2.24) is 5.32 Å². The summed E-state index contributed by atoms with van der Waals surface area (Å²) < 4.78 is 37.2. The van der Waals surface area contributed by atoms with Crippen LogP contribution in [0.5, 0.6) is 0 Å². The van der Waals surface area contributed by atoms with Crippen LogP contribution in [0.3, 0.4) is 0 Å². The molecular formula is C25H24F3N3O. The van der Waals surface area contributed by atoms with Crippen molar-refractivity contribution in [3.8, 4) is 6.07 Å². The zero-order chi connectivity index (χ0) is 22.9. The summed E-state index contributed by atoms with van der Waals surface area (Å²) in [5.41, 5.74) is 4.99. The lowest BCUT2D eigenvalue weighted by Gasteiger charge is -2.37. The van der Waals surface area contributed by atoms with E-state index in [2.05, 4.69) is 16.7 Å². The van der Waals surface area contributed by atoms with Gasteiger partial charge in [0.05, 0.1) is 5.54 Å². The maximum Gasteiger partial charge on any atom is 0.389 e. The summed E-state index contributed by atoms with van der Waals surface area (Å²) in [4.78, 5) is 12.9. The van der Waals surface area contributed by atoms with Gasteiger partial charge in [0.2, 0.25) is 0 Å². The zero-order valence-corrected chi connectivity index (χ0v) is 17.8. The maximum atomic E-state index is 12.9. The maximum absolute atomic E-state index is 12.9. The number of benzene rings is 2. The van der Waals surface area contributed by atoms with E-state index in [4.69, 9.17) is 0 Å². The van der Waals surface area contributed by atoms with E-state index in [0.29, 0.717) is 12.8 Å². The Morgan fingerprint density at radius 3 is 2.62 bits per heavy atom. The smallest absolute Gasteiger partial charge is 0.385 e. The predicted octanol–water partition coefficient (Wildman–Crippen LogP) is 5.39. The van der Waals surface area contributed by atoms with Crippen LogP contribution in [0, 0.1) is 18.3 Å². The summed E-state index contributed by atoms with van der Waals surface area (Å²) >= 11 is 0.